The normalized spacial score (nSPS) is 12.9. The first-order valence-corrected chi connectivity index (χ1v) is 8.85. The van der Waals surface area contributed by atoms with E-state index in [4.69, 9.17) is 0 Å². The molecule has 2 heterocycles. The molecule has 4 aromatic rings. The summed E-state index contributed by atoms with van der Waals surface area (Å²) in [6.45, 7) is 1.96. The highest BCUT2D eigenvalue weighted by Gasteiger charge is 2.31. The van der Waals surface area contributed by atoms with E-state index in [0.29, 0.717) is 5.69 Å². The topological polar surface area (TPSA) is 40.7 Å². The minimum atomic E-state index is -4.39. The van der Waals surface area contributed by atoms with Crippen LogP contribution in [0.3, 0.4) is 0 Å². The molecule has 0 amide bonds. The molecule has 142 valence electrons. The first-order chi connectivity index (χ1) is 13.4. The molecule has 28 heavy (non-hydrogen) atoms. The van der Waals surface area contributed by atoms with E-state index in [1.807, 2.05) is 49.4 Å². The molecule has 0 fully saturated rings. The number of anilines is 1. The number of aromatic amines is 1. The molecule has 2 N–H and O–H groups in total. The fourth-order valence-electron chi connectivity index (χ4n) is 3.46. The summed E-state index contributed by atoms with van der Waals surface area (Å²) >= 11 is 0. The Balaban J connectivity index is 1.83. The number of aryl methyl sites for hydroxylation is 1. The quantitative estimate of drug-likeness (QED) is 0.449. The minimum absolute atomic E-state index is 0.384. The van der Waals surface area contributed by atoms with Gasteiger partial charge in [-0.05, 0) is 43.3 Å². The number of rotatable bonds is 4. The number of para-hydroxylation sites is 1. The molecule has 0 bridgehead atoms. The van der Waals surface area contributed by atoms with Gasteiger partial charge in [0.25, 0.3) is 0 Å². The van der Waals surface area contributed by atoms with Gasteiger partial charge in [-0.2, -0.15) is 13.2 Å². The van der Waals surface area contributed by atoms with Crippen LogP contribution in [0.1, 0.15) is 28.6 Å². The van der Waals surface area contributed by atoms with Crippen molar-refractivity contribution in [2.24, 2.45) is 0 Å². The van der Waals surface area contributed by atoms with Crippen molar-refractivity contribution in [1.29, 1.82) is 0 Å². The Bertz CT molecular complexity index is 1100. The number of nitrogens with zero attached hydrogens (tertiary/aromatic N) is 1. The summed E-state index contributed by atoms with van der Waals surface area (Å²) in [5.74, 6) is 0. The van der Waals surface area contributed by atoms with Gasteiger partial charge in [0.2, 0.25) is 0 Å². The summed E-state index contributed by atoms with van der Waals surface area (Å²) in [4.78, 5) is 7.80. The Labute approximate surface area is 160 Å². The molecule has 0 saturated carbocycles. The summed E-state index contributed by atoms with van der Waals surface area (Å²) < 4.78 is 39.4. The van der Waals surface area contributed by atoms with E-state index in [0.717, 1.165) is 40.0 Å². The van der Waals surface area contributed by atoms with Crippen LogP contribution >= 0.6 is 0 Å². The number of nitrogens with one attached hydrogen (secondary N) is 2. The summed E-state index contributed by atoms with van der Waals surface area (Å²) in [7, 11) is 0. The van der Waals surface area contributed by atoms with Crippen LogP contribution in [0.15, 0.2) is 72.9 Å². The van der Waals surface area contributed by atoms with E-state index in [2.05, 4.69) is 15.3 Å². The van der Waals surface area contributed by atoms with Crippen molar-refractivity contribution in [1.82, 2.24) is 9.97 Å². The van der Waals surface area contributed by atoms with E-state index < -0.39 is 17.8 Å². The Kier molecular flexibility index (Phi) is 4.55. The zero-order chi connectivity index (χ0) is 19.7. The number of hydrogen-bond acceptors (Lipinski definition) is 2. The highest BCUT2D eigenvalue weighted by atomic mass is 19.4. The molecule has 0 aliphatic heterocycles. The van der Waals surface area contributed by atoms with E-state index in [1.165, 1.54) is 6.07 Å². The lowest BCUT2D eigenvalue weighted by molar-refractivity contribution is -0.137. The second-order valence-electron chi connectivity index (χ2n) is 6.62. The highest BCUT2D eigenvalue weighted by molar-refractivity contribution is 5.86. The maximum Gasteiger partial charge on any atom is 0.416 e. The van der Waals surface area contributed by atoms with Crippen LogP contribution in [0.25, 0.3) is 10.9 Å². The number of alkyl halides is 3. The Morgan fingerprint density at radius 3 is 2.50 bits per heavy atom. The largest absolute Gasteiger partial charge is 0.416 e. The molecule has 0 aliphatic carbocycles. The summed E-state index contributed by atoms with van der Waals surface area (Å²) in [5, 5.41) is 4.27. The predicted molar refractivity (Wildman–Crippen MR) is 104 cm³/mol. The van der Waals surface area contributed by atoms with E-state index in [-0.39, 0.29) is 0 Å². The lowest BCUT2D eigenvalue weighted by atomic mass is 9.99. The molecule has 0 spiro atoms. The molecule has 0 saturated heterocycles. The van der Waals surface area contributed by atoms with Gasteiger partial charge in [0.1, 0.15) is 0 Å². The van der Waals surface area contributed by atoms with Crippen molar-refractivity contribution >= 4 is 16.6 Å². The van der Waals surface area contributed by atoms with E-state index in [1.54, 1.807) is 12.3 Å². The van der Waals surface area contributed by atoms with Crippen molar-refractivity contribution < 1.29 is 13.2 Å². The number of halogens is 3. The van der Waals surface area contributed by atoms with Crippen molar-refractivity contribution in [3.05, 3.63) is 95.4 Å². The number of H-pyrrole nitrogens is 1. The van der Waals surface area contributed by atoms with Crippen LogP contribution in [-0.2, 0) is 6.18 Å². The highest BCUT2D eigenvalue weighted by Crippen LogP contribution is 2.35. The number of hydrogen-bond donors (Lipinski definition) is 2. The third kappa shape index (κ3) is 3.45. The number of aromatic nitrogens is 2. The standard InChI is InChI=1S/C22H18F3N3/c1-14-20(17-9-2-3-10-18(17)27-14)21(19-11-4-5-12-26-19)28-16-8-6-7-15(13-16)22(23,24)25/h2-13,21,27-28H,1H3. The maximum atomic E-state index is 13.1. The Morgan fingerprint density at radius 1 is 0.964 bits per heavy atom. The summed E-state index contributed by atoms with van der Waals surface area (Å²) in [6.07, 6.45) is -2.71. The maximum absolute atomic E-state index is 13.1. The lowest BCUT2D eigenvalue weighted by Crippen LogP contribution is -2.15. The van der Waals surface area contributed by atoms with Crippen molar-refractivity contribution in [3.63, 3.8) is 0 Å². The second-order valence-corrected chi connectivity index (χ2v) is 6.62. The molecule has 2 aromatic heterocycles. The number of benzene rings is 2. The molecular formula is C22H18F3N3. The van der Waals surface area contributed by atoms with Crippen LogP contribution in [0.2, 0.25) is 0 Å². The average Bonchev–Trinajstić information content (AvgIpc) is 3.02. The van der Waals surface area contributed by atoms with Crippen LogP contribution in [0.5, 0.6) is 0 Å². The molecule has 0 radical (unpaired) electrons. The minimum Gasteiger partial charge on any atom is -0.373 e. The third-order valence-electron chi connectivity index (χ3n) is 4.72. The molecule has 4 rings (SSSR count). The van der Waals surface area contributed by atoms with Crippen LogP contribution in [-0.4, -0.2) is 9.97 Å². The van der Waals surface area contributed by atoms with Gasteiger partial charge in [0.05, 0.1) is 17.3 Å². The number of fused-ring (bicyclic) bond motifs is 1. The fourth-order valence-corrected chi connectivity index (χ4v) is 3.46. The average molecular weight is 381 g/mol. The Morgan fingerprint density at radius 2 is 1.75 bits per heavy atom. The van der Waals surface area contributed by atoms with Gasteiger partial charge < -0.3 is 10.3 Å². The number of pyridine rings is 1. The molecule has 1 atom stereocenters. The Hall–Kier alpha value is -3.28. The van der Waals surface area contributed by atoms with Crippen molar-refractivity contribution in [3.8, 4) is 0 Å². The molecule has 0 aliphatic rings. The van der Waals surface area contributed by atoms with E-state index in [9.17, 15) is 13.2 Å². The lowest BCUT2D eigenvalue weighted by Gasteiger charge is -2.21. The summed E-state index contributed by atoms with van der Waals surface area (Å²) in [5.41, 5.74) is 3.31. The van der Waals surface area contributed by atoms with Crippen LogP contribution in [0, 0.1) is 6.92 Å². The van der Waals surface area contributed by atoms with Gasteiger partial charge in [-0.1, -0.05) is 30.3 Å². The first-order valence-electron chi connectivity index (χ1n) is 8.85. The molecule has 2 aromatic carbocycles. The monoisotopic (exact) mass is 381 g/mol. The van der Waals surface area contributed by atoms with Gasteiger partial charge in [0, 0.05) is 34.0 Å². The third-order valence-corrected chi connectivity index (χ3v) is 4.72. The SMILES string of the molecule is Cc1[nH]c2ccccc2c1C(Nc1cccc(C(F)(F)F)c1)c1ccccn1. The van der Waals surface area contributed by atoms with Gasteiger partial charge in [-0.15, -0.1) is 0 Å². The molecule has 3 nitrogen and oxygen atoms in total. The molecule has 1 unspecified atom stereocenters. The van der Waals surface area contributed by atoms with Crippen LogP contribution < -0.4 is 5.32 Å². The molecular weight excluding hydrogens is 363 g/mol. The van der Waals surface area contributed by atoms with Gasteiger partial charge in [-0.3, -0.25) is 4.98 Å². The smallest absolute Gasteiger partial charge is 0.373 e. The summed E-state index contributed by atoms with van der Waals surface area (Å²) in [6, 6.07) is 18.2. The van der Waals surface area contributed by atoms with Crippen molar-refractivity contribution in [2.75, 3.05) is 5.32 Å². The zero-order valence-electron chi connectivity index (χ0n) is 15.1. The first kappa shape index (κ1) is 18.1. The zero-order valence-corrected chi connectivity index (χ0v) is 15.1. The second kappa shape index (κ2) is 7.03. The van der Waals surface area contributed by atoms with Gasteiger partial charge >= 0.3 is 6.18 Å². The predicted octanol–water partition coefficient (Wildman–Crippen LogP) is 6.09. The molecule has 6 heteroatoms. The van der Waals surface area contributed by atoms with Gasteiger partial charge in [-0.25, -0.2) is 0 Å². The van der Waals surface area contributed by atoms with Crippen LogP contribution in [0.4, 0.5) is 18.9 Å². The fraction of sp³-hybridized carbons (Fsp3) is 0.136. The van der Waals surface area contributed by atoms with E-state index >= 15 is 0 Å². The van der Waals surface area contributed by atoms with Gasteiger partial charge in [0.15, 0.2) is 0 Å². The van der Waals surface area contributed by atoms with Crippen molar-refractivity contribution in [2.45, 2.75) is 19.1 Å².